The molecule has 2 aromatic carbocycles. The van der Waals surface area contributed by atoms with E-state index in [1.165, 1.54) is 0 Å². The van der Waals surface area contributed by atoms with Gasteiger partial charge in [0, 0.05) is 9.86 Å². The highest BCUT2D eigenvalue weighted by molar-refractivity contribution is 9.10. The first-order valence-electron chi connectivity index (χ1n) is 6.25. The minimum atomic E-state index is -0.393. The van der Waals surface area contributed by atoms with Gasteiger partial charge in [0.1, 0.15) is 0 Å². The Hall–Kier alpha value is -1.71. The van der Waals surface area contributed by atoms with Crippen LogP contribution in [0.5, 0.6) is 0 Å². The Morgan fingerprint density at radius 2 is 2.14 bits per heavy atom. The van der Waals surface area contributed by atoms with Crippen LogP contribution in [-0.2, 0) is 4.52 Å². The number of halogens is 1. The van der Waals surface area contributed by atoms with E-state index in [0.717, 1.165) is 26.6 Å². The molecule has 0 aliphatic rings. The van der Waals surface area contributed by atoms with Gasteiger partial charge in [-0.25, -0.2) is 9.48 Å². The number of carbonyl (C=O) groups excluding carboxylic acids is 1. The predicted molar refractivity (Wildman–Crippen MR) is 88.6 cm³/mol. The van der Waals surface area contributed by atoms with E-state index in [2.05, 4.69) is 37.7 Å². The third-order valence-corrected chi connectivity index (χ3v) is 4.09. The molecule has 0 saturated heterocycles. The van der Waals surface area contributed by atoms with Crippen molar-refractivity contribution in [3.05, 3.63) is 58.2 Å². The van der Waals surface area contributed by atoms with Crippen LogP contribution in [0, 0.1) is 6.92 Å². The number of hydrogen-bond acceptors (Lipinski definition) is 3. The molecule has 3 rings (SSSR count). The van der Waals surface area contributed by atoms with E-state index in [0.29, 0.717) is 5.56 Å². The van der Waals surface area contributed by atoms with E-state index in [4.69, 9.17) is 0 Å². The van der Waals surface area contributed by atoms with Crippen LogP contribution in [0.25, 0.3) is 16.6 Å². The summed E-state index contributed by atoms with van der Waals surface area (Å²) >= 11 is 3.55. The molecule has 4 nitrogen and oxygen atoms in total. The molecule has 0 aliphatic carbocycles. The Kier molecular flexibility index (Phi) is 3.79. The highest BCUT2D eigenvalue weighted by Gasteiger charge is 2.11. The number of fused-ring (bicyclic) bond motifs is 1. The van der Waals surface area contributed by atoms with Gasteiger partial charge in [-0.15, -0.1) is 0 Å². The first-order valence-corrected chi connectivity index (χ1v) is 7.52. The second kappa shape index (κ2) is 5.58. The van der Waals surface area contributed by atoms with Crippen molar-refractivity contribution in [3.8, 4) is 5.69 Å². The van der Waals surface area contributed by atoms with Crippen molar-refractivity contribution in [2.75, 3.05) is 0 Å². The summed E-state index contributed by atoms with van der Waals surface area (Å²) in [6.07, 6.45) is 1.81. The van der Waals surface area contributed by atoms with E-state index in [1.807, 2.05) is 33.2 Å². The standard InChI is InChI=1S/C15H12BrN2O2P/c1-9-5-13(16)12-8-17-18(14(12)6-9)11-4-2-3-10(7-11)15(19)20-21/h2-8H,21H2,1H3. The molecule has 1 atom stereocenters. The van der Waals surface area contributed by atoms with Crippen molar-refractivity contribution >= 4 is 42.3 Å². The summed E-state index contributed by atoms with van der Waals surface area (Å²) in [6, 6.07) is 11.3. The predicted octanol–water partition coefficient (Wildman–Crippen LogP) is 4.04. The van der Waals surface area contributed by atoms with Crippen LogP contribution in [0.3, 0.4) is 0 Å². The molecule has 0 radical (unpaired) electrons. The zero-order valence-corrected chi connectivity index (χ0v) is 13.9. The molecule has 0 fully saturated rings. The van der Waals surface area contributed by atoms with Crippen LogP contribution >= 0.6 is 25.4 Å². The number of aryl methyl sites for hydroxylation is 1. The lowest BCUT2D eigenvalue weighted by Crippen LogP contribution is -2.01. The first kappa shape index (κ1) is 14.2. The maximum Gasteiger partial charge on any atom is 0.340 e. The summed E-state index contributed by atoms with van der Waals surface area (Å²) in [5, 5.41) is 5.45. The van der Waals surface area contributed by atoms with Crippen LogP contribution < -0.4 is 0 Å². The van der Waals surface area contributed by atoms with Crippen molar-refractivity contribution < 1.29 is 9.32 Å². The Morgan fingerprint density at radius 3 is 2.90 bits per heavy atom. The van der Waals surface area contributed by atoms with E-state index in [1.54, 1.807) is 18.3 Å². The van der Waals surface area contributed by atoms with Crippen molar-refractivity contribution in [1.29, 1.82) is 0 Å². The molecule has 0 amide bonds. The summed E-state index contributed by atoms with van der Waals surface area (Å²) in [5.74, 6) is -0.393. The van der Waals surface area contributed by atoms with Gasteiger partial charge < -0.3 is 4.52 Å². The highest BCUT2D eigenvalue weighted by atomic mass is 79.9. The molecule has 21 heavy (non-hydrogen) atoms. The zero-order chi connectivity index (χ0) is 15.0. The van der Waals surface area contributed by atoms with Gasteiger partial charge >= 0.3 is 5.97 Å². The maximum absolute atomic E-state index is 11.6. The van der Waals surface area contributed by atoms with Crippen LogP contribution in [0.1, 0.15) is 15.9 Å². The molecule has 0 spiro atoms. The van der Waals surface area contributed by atoms with Gasteiger partial charge in [-0.2, -0.15) is 5.10 Å². The van der Waals surface area contributed by atoms with E-state index < -0.39 is 5.97 Å². The summed E-state index contributed by atoms with van der Waals surface area (Å²) in [6.45, 7) is 2.03. The van der Waals surface area contributed by atoms with Crippen molar-refractivity contribution in [2.24, 2.45) is 0 Å². The van der Waals surface area contributed by atoms with Gasteiger partial charge in [-0.05, 0) is 42.8 Å². The van der Waals surface area contributed by atoms with E-state index in [-0.39, 0.29) is 0 Å². The molecule has 0 saturated carbocycles. The van der Waals surface area contributed by atoms with Crippen LogP contribution in [0.2, 0.25) is 0 Å². The number of rotatable bonds is 2. The monoisotopic (exact) mass is 362 g/mol. The average molecular weight is 363 g/mol. The normalized spacial score (nSPS) is 10.8. The maximum atomic E-state index is 11.6. The van der Waals surface area contributed by atoms with Gasteiger partial charge in [-0.3, -0.25) is 0 Å². The number of carbonyl (C=O) groups is 1. The van der Waals surface area contributed by atoms with E-state index in [9.17, 15) is 4.79 Å². The fourth-order valence-corrected chi connectivity index (χ4v) is 3.06. The molecule has 1 heterocycles. The Morgan fingerprint density at radius 1 is 1.33 bits per heavy atom. The second-order valence-corrected chi connectivity index (χ2v) is 5.78. The Labute approximate surface area is 132 Å². The topological polar surface area (TPSA) is 44.1 Å². The van der Waals surface area contributed by atoms with Gasteiger partial charge in [-0.1, -0.05) is 22.0 Å². The fraction of sp³-hybridized carbons (Fsp3) is 0.0667. The zero-order valence-electron chi connectivity index (χ0n) is 11.2. The second-order valence-electron chi connectivity index (χ2n) is 4.69. The molecule has 1 aromatic heterocycles. The van der Waals surface area contributed by atoms with Crippen molar-refractivity contribution in [1.82, 2.24) is 9.78 Å². The quantitative estimate of drug-likeness (QED) is 0.646. The van der Waals surface area contributed by atoms with Gasteiger partial charge in [0.15, 0.2) is 0 Å². The number of hydrogen-bond donors (Lipinski definition) is 0. The van der Waals surface area contributed by atoms with Gasteiger partial charge in [0.05, 0.1) is 32.4 Å². The lowest BCUT2D eigenvalue weighted by atomic mass is 10.1. The lowest BCUT2D eigenvalue weighted by molar-refractivity contribution is 0.0765. The Bertz CT molecular complexity index is 845. The molecule has 106 valence electrons. The van der Waals surface area contributed by atoms with E-state index >= 15 is 0 Å². The molecular formula is C15H12BrN2O2P. The molecule has 3 aromatic rings. The summed E-state index contributed by atoms with van der Waals surface area (Å²) < 4.78 is 7.49. The highest BCUT2D eigenvalue weighted by Crippen LogP contribution is 2.27. The lowest BCUT2D eigenvalue weighted by Gasteiger charge is -2.06. The van der Waals surface area contributed by atoms with Crippen LogP contribution in [-0.4, -0.2) is 15.7 Å². The minimum absolute atomic E-state index is 0.393. The summed E-state index contributed by atoms with van der Waals surface area (Å²) in [7, 11) is 1.97. The van der Waals surface area contributed by atoms with Crippen LogP contribution in [0.15, 0.2) is 47.1 Å². The molecule has 0 N–H and O–H groups in total. The Balaban J connectivity index is 2.19. The van der Waals surface area contributed by atoms with Crippen LogP contribution in [0.4, 0.5) is 0 Å². The molecule has 1 unspecified atom stereocenters. The molecule has 0 aliphatic heterocycles. The minimum Gasteiger partial charge on any atom is -0.448 e. The van der Waals surface area contributed by atoms with Crippen molar-refractivity contribution in [3.63, 3.8) is 0 Å². The van der Waals surface area contributed by atoms with Crippen molar-refractivity contribution in [2.45, 2.75) is 6.92 Å². The van der Waals surface area contributed by atoms with Gasteiger partial charge in [0.2, 0.25) is 0 Å². The third-order valence-electron chi connectivity index (χ3n) is 3.22. The number of benzene rings is 2. The molecule has 6 heteroatoms. The number of aromatic nitrogens is 2. The largest absolute Gasteiger partial charge is 0.448 e. The summed E-state index contributed by atoms with van der Waals surface area (Å²) in [4.78, 5) is 11.6. The first-order chi connectivity index (χ1) is 10.1. The third kappa shape index (κ3) is 2.59. The smallest absolute Gasteiger partial charge is 0.340 e. The average Bonchev–Trinajstić information content (AvgIpc) is 2.90. The number of nitrogens with zero attached hydrogens (tertiary/aromatic N) is 2. The summed E-state index contributed by atoms with van der Waals surface area (Å²) in [5.41, 5.74) is 3.42. The molecule has 0 bridgehead atoms. The van der Waals surface area contributed by atoms with Gasteiger partial charge in [0.25, 0.3) is 0 Å². The fourth-order valence-electron chi connectivity index (χ4n) is 2.25. The molecular weight excluding hydrogens is 351 g/mol. The SMILES string of the molecule is Cc1cc(Br)c2cnn(-c3cccc(C(=O)OP)c3)c2c1.